The number of thiazole rings is 1. The maximum atomic E-state index is 12.9. The molecule has 1 amide bonds. The minimum absolute atomic E-state index is 0.0585. The van der Waals surface area contributed by atoms with Crippen molar-refractivity contribution in [1.82, 2.24) is 19.4 Å². The third-order valence-corrected chi connectivity index (χ3v) is 7.58. The fraction of sp³-hybridized carbons (Fsp3) is 0.350. The molecule has 0 aliphatic rings. The lowest BCUT2D eigenvalue weighted by molar-refractivity contribution is 0.0777. The normalized spacial score (nSPS) is 11.5. The number of hydrogen-bond acceptors (Lipinski definition) is 6. The van der Waals surface area contributed by atoms with E-state index in [2.05, 4.69) is 14.7 Å². The minimum Gasteiger partial charge on any atom is -0.345 e. The number of amides is 1. The number of carbonyl (C=O) groups is 1. The topological polar surface area (TPSA) is 97.2 Å². The van der Waals surface area contributed by atoms with Crippen molar-refractivity contribution in [1.29, 1.82) is 0 Å². The molecule has 3 aromatic rings. The van der Waals surface area contributed by atoms with Gasteiger partial charge in [-0.05, 0) is 45.9 Å². The maximum absolute atomic E-state index is 12.9. The van der Waals surface area contributed by atoms with E-state index in [-0.39, 0.29) is 16.6 Å². The van der Waals surface area contributed by atoms with Crippen LogP contribution in [-0.4, -0.2) is 46.8 Å². The van der Waals surface area contributed by atoms with Crippen LogP contribution in [0.5, 0.6) is 0 Å². The molecule has 0 radical (unpaired) electrons. The molecule has 3 rings (SSSR count). The summed E-state index contributed by atoms with van der Waals surface area (Å²) in [5, 5.41) is 0.605. The van der Waals surface area contributed by atoms with Gasteiger partial charge in [0.2, 0.25) is 0 Å². The zero-order valence-corrected chi connectivity index (χ0v) is 19.3. The first-order chi connectivity index (χ1) is 14.2. The summed E-state index contributed by atoms with van der Waals surface area (Å²) in [6.07, 6.45) is 1.52. The number of nitrogens with zero attached hydrogens (tertiary/aromatic N) is 4. The lowest BCUT2D eigenvalue weighted by Crippen LogP contribution is -2.30. The number of sulfonamides is 1. The number of rotatable bonds is 7. The second-order valence-corrected chi connectivity index (χ2v) is 9.42. The highest BCUT2D eigenvalue weighted by molar-refractivity contribution is 7.92. The summed E-state index contributed by atoms with van der Waals surface area (Å²) in [5.74, 6) is 0.191. The highest BCUT2D eigenvalue weighted by Gasteiger charge is 2.26. The van der Waals surface area contributed by atoms with E-state index in [1.807, 2.05) is 13.8 Å². The molecule has 0 unspecified atom stereocenters. The van der Waals surface area contributed by atoms with Crippen LogP contribution in [0.2, 0.25) is 0 Å². The standard InChI is InChI=1S/C20H25N5O3S2/c1-6-25(7-2)20(26)18-13(3)22-19(29-18)15-12-16(14(4)24(15)5)30(27,28)23-17-10-8-9-11-21-17/h8-12H,6-7H2,1-5H3,(H,21,23). The van der Waals surface area contributed by atoms with Gasteiger partial charge in [0.1, 0.15) is 20.6 Å². The average Bonchev–Trinajstić information content (AvgIpc) is 3.23. The Morgan fingerprint density at radius 3 is 2.53 bits per heavy atom. The number of hydrogen-bond donors (Lipinski definition) is 1. The van der Waals surface area contributed by atoms with Gasteiger partial charge < -0.3 is 9.47 Å². The molecule has 8 nitrogen and oxygen atoms in total. The van der Waals surface area contributed by atoms with Crippen molar-refractivity contribution in [3.8, 4) is 10.7 Å². The molecule has 0 fully saturated rings. The van der Waals surface area contributed by atoms with E-state index in [1.54, 1.807) is 54.6 Å². The number of aromatic nitrogens is 3. The van der Waals surface area contributed by atoms with E-state index in [1.165, 1.54) is 17.5 Å². The van der Waals surface area contributed by atoms with E-state index < -0.39 is 10.0 Å². The van der Waals surface area contributed by atoms with Gasteiger partial charge in [-0.2, -0.15) is 0 Å². The molecule has 0 atom stereocenters. The molecule has 30 heavy (non-hydrogen) atoms. The van der Waals surface area contributed by atoms with E-state index in [9.17, 15) is 13.2 Å². The Balaban J connectivity index is 2.00. The zero-order valence-electron chi connectivity index (χ0n) is 17.6. The van der Waals surface area contributed by atoms with Crippen molar-refractivity contribution >= 4 is 33.1 Å². The van der Waals surface area contributed by atoms with Gasteiger partial charge in [-0.1, -0.05) is 6.07 Å². The van der Waals surface area contributed by atoms with E-state index in [0.29, 0.717) is 40.1 Å². The molecule has 0 aromatic carbocycles. The summed E-state index contributed by atoms with van der Waals surface area (Å²) in [4.78, 5) is 23.8. The van der Waals surface area contributed by atoms with Crippen LogP contribution >= 0.6 is 11.3 Å². The molecule has 0 saturated heterocycles. The van der Waals surface area contributed by atoms with Crippen molar-refractivity contribution in [3.63, 3.8) is 0 Å². The number of aryl methyl sites for hydroxylation is 1. The van der Waals surface area contributed by atoms with Gasteiger partial charge in [-0.25, -0.2) is 18.4 Å². The van der Waals surface area contributed by atoms with Gasteiger partial charge in [0, 0.05) is 32.0 Å². The predicted octanol–water partition coefficient (Wildman–Crippen LogP) is 3.44. The fourth-order valence-electron chi connectivity index (χ4n) is 3.12. The summed E-state index contributed by atoms with van der Waals surface area (Å²) < 4.78 is 30.1. The molecule has 0 saturated carbocycles. The molecule has 3 aromatic heterocycles. The summed E-state index contributed by atoms with van der Waals surface area (Å²) in [7, 11) is -2.04. The number of carbonyl (C=O) groups excluding carboxylic acids is 1. The molecule has 0 spiro atoms. The van der Waals surface area contributed by atoms with Gasteiger partial charge in [-0.15, -0.1) is 11.3 Å². The van der Waals surface area contributed by atoms with Crippen molar-refractivity contribution in [2.24, 2.45) is 7.05 Å². The Bertz CT molecular complexity index is 1160. The average molecular weight is 448 g/mol. The highest BCUT2D eigenvalue weighted by atomic mass is 32.2. The van der Waals surface area contributed by atoms with Crippen molar-refractivity contribution in [3.05, 3.63) is 46.7 Å². The minimum atomic E-state index is -3.83. The van der Waals surface area contributed by atoms with Crippen LogP contribution in [0.15, 0.2) is 35.4 Å². The monoisotopic (exact) mass is 447 g/mol. The third-order valence-electron chi connectivity index (χ3n) is 4.94. The summed E-state index contributed by atoms with van der Waals surface area (Å²) in [6, 6.07) is 6.60. The Kier molecular flexibility index (Phi) is 6.27. The van der Waals surface area contributed by atoms with Crippen molar-refractivity contribution in [2.75, 3.05) is 17.8 Å². The van der Waals surface area contributed by atoms with Gasteiger partial charge in [0.05, 0.1) is 11.4 Å². The smallest absolute Gasteiger partial charge is 0.265 e. The molecule has 0 aliphatic heterocycles. The first-order valence-electron chi connectivity index (χ1n) is 9.56. The highest BCUT2D eigenvalue weighted by Crippen LogP contribution is 2.33. The van der Waals surface area contributed by atoms with Crippen LogP contribution in [0.3, 0.4) is 0 Å². The van der Waals surface area contributed by atoms with E-state index in [0.717, 1.165) is 0 Å². The molecule has 0 bridgehead atoms. The van der Waals surface area contributed by atoms with Gasteiger partial charge >= 0.3 is 0 Å². The van der Waals surface area contributed by atoms with Crippen LogP contribution in [0.1, 0.15) is 34.9 Å². The van der Waals surface area contributed by atoms with Crippen LogP contribution in [0.4, 0.5) is 5.82 Å². The number of anilines is 1. The van der Waals surface area contributed by atoms with E-state index in [4.69, 9.17) is 0 Å². The Morgan fingerprint density at radius 2 is 1.93 bits per heavy atom. The molecule has 0 aliphatic carbocycles. The molecular formula is C20H25N5O3S2. The lowest BCUT2D eigenvalue weighted by Gasteiger charge is -2.17. The van der Waals surface area contributed by atoms with Gasteiger partial charge in [-0.3, -0.25) is 9.52 Å². The molecular weight excluding hydrogens is 422 g/mol. The van der Waals surface area contributed by atoms with Crippen LogP contribution in [0, 0.1) is 13.8 Å². The molecule has 3 heterocycles. The second-order valence-electron chi connectivity index (χ2n) is 6.77. The van der Waals surface area contributed by atoms with Crippen LogP contribution in [-0.2, 0) is 17.1 Å². The number of nitrogens with one attached hydrogen (secondary N) is 1. The molecule has 10 heteroatoms. The van der Waals surface area contributed by atoms with Gasteiger partial charge in [0.25, 0.3) is 15.9 Å². The first-order valence-corrected chi connectivity index (χ1v) is 11.9. The van der Waals surface area contributed by atoms with Crippen LogP contribution < -0.4 is 4.72 Å². The number of pyridine rings is 1. The molecule has 160 valence electrons. The zero-order chi connectivity index (χ0) is 22.1. The Hall–Kier alpha value is -2.72. The lowest BCUT2D eigenvalue weighted by atomic mass is 10.3. The maximum Gasteiger partial charge on any atom is 0.265 e. The quantitative estimate of drug-likeness (QED) is 0.598. The second kappa shape index (κ2) is 8.57. The summed E-state index contributed by atoms with van der Waals surface area (Å²) in [5.41, 5.74) is 1.85. The van der Waals surface area contributed by atoms with Crippen molar-refractivity contribution in [2.45, 2.75) is 32.6 Å². The fourth-order valence-corrected chi connectivity index (χ4v) is 5.51. The van der Waals surface area contributed by atoms with Crippen molar-refractivity contribution < 1.29 is 13.2 Å². The SMILES string of the molecule is CCN(CC)C(=O)c1sc(-c2cc(S(=O)(=O)Nc3ccccn3)c(C)n2C)nc1C. The molecule has 1 N–H and O–H groups in total. The largest absolute Gasteiger partial charge is 0.345 e. The van der Waals surface area contributed by atoms with Gasteiger partial charge in [0.15, 0.2) is 0 Å². The Labute approximate surface area is 180 Å². The third kappa shape index (κ3) is 4.10. The summed E-state index contributed by atoms with van der Waals surface area (Å²) in [6.45, 7) is 8.64. The van der Waals surface area contributed by atoms with E-state index >= 15 is 0 Å². The summed E-state index contributed by atoms with van der Waals surface area (Å²) >= 11 is 1.28. The van der Waals surface area contributed by atoms with Crippen LogP contribution in [0.25, 0.3) is 10.7 Å². The predicted molar refractivity (Wildman–Crippen MR) is 118 cm³/mol. The first kappa shape index (κ1) is 22.0. The Morgan fingerprint density at radius 1 is 1.23 bits per heavy atom.